The highest BCUT2D eigenvalue weighted by Gasteiger charge is 2.22. The molecule has 0 aromatic heterocycles. The number of sulfonamides is 1. The number of benzene rings is 4. The lowest BCUT2D eigenvalue weighted by molar-refractivity contribution is 0.417. The van der Waals surface area contributed by atoms with E-state index in [0.29, 0.717) is 11.3 Å². The standard InChI is InChI=1S/C23H21NO3S/c1-14-4-8-18-16(12-14)6-10-20(27-3)22(18)23-19-9-5-15(2)13-17(19)7-11-21(23)28(24,25)26/h4-13H,1-3H3,(H2,24,25,26). The molecule has 0 saturated carbocycles. The molecule has 4 aromatic carbocycles. The third-order valence-electron chi connectivity index (χ3n) is 5.05. The van der Waals surface area contributed by atoms with Gasteiger partial charge in [0, 0.05) is 11.1 Å². The van der Waals surface area contributed by atoms with Crippen LogP contribution in [0.25, 0.3) is 32.7 Å². The number of methoxy groups -OCH3 is 1. The van der Waals surface area contributed by atoms with E-state index in [0.717, 1.165) is 38.2 Å². The number of hydrogen-bond donors (Lipinski definition) is 1. The van der Waals surface area contributed by atoms with Gasteiger partial charge in [-0.05, 0) is 47.5 Å². The van der Waals surface area contributed by atoms with Gasteiger partial charge in [0.25, 0.3) is 0 Å². The lowest BCUT2D eigenvalue weighted by Crippen LogP contribution is -2.14. The van der Waals surface area contributed by atoms with E-state index in [9.17, 15) is 8.42 Å². The zero-order valence-corrected chi connectivity index (χ0v) is 16.8. The maximum atomic E-state index is 12.5. The van der Waals surface area contributed by atoms with E-state index < -0.39 is 10.0 Å². The largest absolute Gasteiger partial charge is 0.496 e. The van der Waals surface area contributed by atoms with Crippen LogP contribution in [-0.4, -0.2) is 15.5 Å². The molecule has 0 bridgehead atoms. The van der Waals surface area contributed by atoms with Gasteiger partial charge in [-0.2, -0.15) is 0 Å². The Morgan fingerprint density at radius 1 is 0.750 bits per heavy atom. The van der Waals surface area contributed by atoms with Crippen molar-refractivity contribution in [2.24, 2.45) is 5.14 Å². The normalized spacial score (nSPS) is 11.9. The van der Waals surface area contributed by atoms with Crippen molar-refractivity contribution in [2.45, 2.75) is 18.7 Å². The van der Waals surface area contributed by atoms with Gasteiger partial charge in [-0.25, -0.2) is 13.6 Å². The van der Waals surface area contributed by atoms with Gasteiger partial charge in [0.2, 0.25) is 10.0 Å². The zero-order chi connectivity index (χ0) is 20.1. The summed E-state index contributed by atoms with van der Waals surface area (Å²) in [5.41, 5.74) is 3.54. The first-order valence-electron chi connectivity index (χ1n) is 8.93. The van der Waals surface area contributed by atoms with Crippen LogP contribution in [0.15, 0.2) is 65.6 Å². The molecule has 28 heavy (non-hydrogen) atoms. The minimum absolute atomic E-state index is 0.0928. The summed E-state index contributed by atoms with van der Waals surface area (Å²) in [5.74, 6) is 0.606. The van der Waals surface area contributed by atoms with Gasteiger partial charge in [0.05, 0.1) is 12.0 Å². The molecule has 4 rings (SSSR count). The molecule has 0 radical (unpaired) electrons. The highest BCUT2D eigenvalue weighted by atomic mass is 32.2. The summed E-state index contributed by atoms with van der Waals surface area (Å²) >= 11 is 0. The molecule has 0 fully saturated rings. The second kappa shape index (κ2) is 6.62. The number of aryl methyl sites for hydroxylation is 2. The molecule has 0 aliphatic carbocycles. The Morgan fingerprint density at radius 3 is 1.82 bits per heavy atom. The number of hydrogen-bond acceptors (Lipinski definition) is 3. The Bertz CT molecular complexity index is 1340. The summed E-state index contributed by atoms with van der Waals surface area (Å²) in [6, 6.07) is 19.3. The number of rotatable bonds is 3. The van der Waals surface area contributed by atoms with Crippen LogP contribution in [0.5, 0.6) is 5.75 Å². The first-order chi connectivity index (χ1) is 13.3. The van der Waals surface area contributed by atoms with Crippen molar-refractivity contribution in [3.8, 4) is 16.9 Å². The van der Waals surface area contributed by atoms with E-state index in [1.165, 1.54) is 0 Å². The van der Waals surface area contributed by atoms with Crippen LogP contribution in [0.1, 0.15) is 11.1 Å². The van der Waals surface area contributed by atoms with Crippen LogP contribution in [0.4, 0.5) is 0 Å². The Morgan fingerprint density at radius 2 is 1.29 bits per heavy atom. The van der Waals surface area contributed by atoms with Crippen molar-refractivity contribution in [2.75, 3.05) is 7.11 Å². The zero-order valence-electron chi connectivity index (χ0n) is 16.0. The van der Waals surface area contributed by atoms with Crippen molar-refractivity contribution >= 4 is 31.6 Å². The van der Waals surface area contributed by atoms with E-state index in [1.54, 1.807) is 19.2 Å². The summed E-state index contributed by atoms with van der Waals surface area (Å²) in [6.07, 6.45) is 0. The highest BCUT2D eigenvalue weighted by Crippen LogP contribution is 2.43. The van der Waals surface area contributed by atoms with Crippen LogP contribution in [0.2, 0.25) is 0 Å². The molecule has 0 saturated heterocycles. The highest BCUT2D eigenvalue weighted by molar-refractivity contribution is 7.89. The summed E-state index contributed by atoms with van der Waals surface area (Å²) in [4.78, 5) is 0.0928. The number of nitrogens with two attached hydrogens (primary N) is 1. The summed E-state index contributed by atoms with van der Waals surface area (Å²) in [6.45, 7) is 4.04. The van der Waals surface area contributed by atoms with Crippen LogP contribution in [0, 0.1) is 13.8 Å². The molecule has 2 N–H and O–H groups in total. The Balaban J connectivity index is 2.26. The molecule has 4 aromatic rings. The minimum atomic E-state index is -3.94. The second-order valence-electron chi connectivity index (χ2n) is 7.08. The fourth-order valence-electron chi connectivity index (χ4n) is 3.78. The van der Waals surface area contributed by atoms with Crippen LogP contribution < -0.4 is 9.88 Å². The molecule has 0 heterocycles. The number of fused-ring (bicyclic) bond motifs is 2. The summed E-state index contributed by atoms with van der Waals surface area (Å²) in [7, 11) is -2.35. The van der Waals surface area contributed by atoms with Gasteiger partial charge < -0.3 is 4.74 Å². The smallest absolute Gasteiger partial charge is 0.238 e. The molecule has 0 aliphatic heterocycles. The molecular formula is C23H21NO3S. The molecule has 0 amide bonds. The van der Waals surface area contributed by atoms with Crippen molar-refractivity contribution in [3.63, 3.8) is 0 Å². The summed E-state index contributed by atoms with van der Waals surface area (Å²) in [5, 5.41) is 9.32. The quantitative estimate of drug-likeness (QED) is 0.538. The molecule has 0 atom stereocenters. The fraction of sp³-hybridized carbons (Fsp3) is 0.130. The second-order valence-corrected chi connectivity index (χ2v) is 8.61. The van der Waals surface area contributed by atoms with Gasteiger partial charge in [-0.3, -0.25) is 0 Å². The first-order valence-corrected chi connectivity index (χ1v) is 10.5. The lowest BCUT2D eigenvalue weighted by Gasteiger charge is -2.18. The average Bonchev–Trinajstić information content (AvgIpc) is 2.65. The van der Waals surface area contributed by atoms with Crippen molar-refractivity contribution < 1.29 is 13.2 Å². The van der Waals surface area contributed by atoms with Gasteiger partial charge in [-0.1, -0.05) is 59.7 Å². The SMILES string of the molecule is COc1ccc2cc(C)ccc2c1-c1c(S(N)(=O)=O)ccc2cc(C)ccc12. The third kappa shape index (κ3) is 3.03. The van der Waals surface area contributed by atoms with Crippen molar-refractivity contribution in [1.29, 1.82) is 0 Å². The Kier molecular flexibility index (Phi) is 4.37. The van der Waals surface area contributed by atoms with Crippen LogP contribution in [-0.2, 0) is 10.0 Å². The third-order valence-corrected chi connectivity index (χ3v) is 6.00. The fourth-order valence-corrected chi connectivity index (χ4v) is 4.54. The van der Waals surface area contributed by atoms with Gasteiger partial charge in [0.15, 0.2) is 0 Å². The van der Waals surface area contributed by atoms with E-state index >= 15 is 0 Å². The summed E-state index contributed by atoms with van der Waals surface area (Å²) < 4.78 is 30.6. The maximum Gasteiger partial charge on any atom is 0.238 e. The van der Waals surface area contributed by atoms with Gasteiger partial charge >= 0.3 is 0 Å². The average molecular weight is 391 g/mol. The molecule has 0 aliphatic rings. The lowest BCUT2D eigenvalue weighted by atomic mass is 9.92. The monoisotopic (exact) mass is 391 g/mol. The Hall–Kier alpha value is -2.89. The molecular weight excluding hydrogens is 370 g/mol. The maximum absolute atomic E-state index is 12.5. The van der Waals surface area contributed by atoms with Crippen molar-refractivity contribution in [3.05, 3.63) is 71.8 Å². The molecule has 0 spiro atoms. The van der Waals surface area contributed by atoms with Crippen LogP contribution >= 0.6 is 0 Å². The van der Waals surface area contributed by atoms with E-state index in [1.807, 2.05) is 56.3 Å². The van der Waals surface area contributed by atoms with E-state index in [-0.39, 0.29) is 4.90 Å². The van der Waals surface area contributed by atoms with Crippen LogP contribution in [0.3, 0.4) is 0 Å². The first kappa shape index (κ1) is 18.5. The molecule has 142 valence electrons. The topological polar surface area (TPSA) is 69.4 Å². The van der Waals surface area contributed by atoms with Gasteiger partial charge in [0.1, 0.15) is 5.75 Å². The predicted molar refractivity (Wildman–Crippen MR) is 114 cm³/mol. The number of ether oxygens (including phenoxy) is 1. The molecule has 0 unspecified atom stereocenters. The predicted octanol–water partition coefficient (Wildman–Crippen LogP) is 4.93. The van der Waals surface area contributed by atoms with Crippen molar-refractivity contribution in [1.82, 2.24) is 0 Å². The van der Waals surface area contributed by atoms with E-state index in [2.05, 4.69) is 6.07 Å². The minimum Gasteiger partial charge on any atom is -0.496 e. The molecule has 5 heteroatoms. The van der Waals surface area contributed by atoms with E-state index in [4.69, 9.17) is 9.88 Å². The number of primary sulfonamides is 1. The molecule has 4 nitrogen and oxygen atoms in total. The van der Waals surface area contributed by atoms with Gasteiger partial charge in [-0.15, -0.1) is 0 Å². The Labute approximate surface area is 164 Å².